The summed E-state index contributed by atoms with van der Waals surface area (Å²) in [4.78, 5) is 24.7. The van der Waals surface area contributed by atoms with Gasteiger partial charge in [0.15, 0.2) is 5.69 Å². The first-order valence-electron chi connectivity index (χ1n) is 9.21. The fourth-order valence-corrected chi connectivity index (χ4v) is 3.47. The van der Waals surface area contributed by atoms with Crippen LogP contribution in [-0.2, 0) is 28.8 Å². The van der Waals surface area contributed by atoms with Gasteiger partial charge >= 0.3 is 0 Å². The third-order valence-electron chi connectivity index (χ3n) is 5.10. The standard InChI is InChI=1S/C20H26N4O3/c1-4-13-8-10-14(11-9-13)24-16-7-5-6-15(16)17(23-24)18(25)22-20(2,12-27-3)19(21)26/h8-11H,4-7,12H2,1-3H3,(H2,21,26)(H,22,25)/t20-/m1/s1. The number of carbonyl (C=O) groups excluding carboxylic acids is 2. The number of nitrogens with zero attached hydrogens (tertiary/aromatic N) is 2. The van der Waals surface area contributed by atoms with Crippen LogP contribution in [0.3, 0.4) is 0 Å². The van der Waals surface area contributed by atoms with Crippen molar-refractivity contribution >= 4 is 11.8 Å². The minimum absolute atomic E-state index is 0.00451. The van der Waals surface area contributed by atoms with Gasteiger partial charge in [0.05, 0.1) is 12.3 Å². The molecule has 1 aromatic carbocycles. The van der Waals surface area contributed by atoms with Crippen LogP contribution in [0.4, 0.5) is 0 Å². The van der Waals surface area contributed by atoms with E-state index in [1.54, 1.807) is 6.92 Å². The maximum Gasteiger partial charge on any atom is 0.273 e. The Kier molecular flexibility index (Phi) is 5.32. The van der Waals surface area contributed by atoms with Crippen molar-refractivity contribution in [1.29, 1.82) is 0 Å². The molecule has 2 amide bonds. The van der Waals surface area contributed by atoms with E-state index in [4.69, 9.17) is 10.5 Å². The SMILES string of the molecule is CCc1ccc(-n2nc(C(=O)N[C@](C)(COC)C(N)=O)c3c2CCC3)cc1. The molecule has 1 aliphatic carbocycles. The molecule has 1 atom stereocenters. The molecule has 1 aromatic heterocycles. The van der Waals surface area contributed by atoms with Crippen LogP contribution >= 0.6 is 0 Å². The lowest BCUT2D eigenvalue weighted by Crippen LogP contribution is -2.58. The van der Waals surface area contributed by atoms with Gasteiger partial charge in [-0.05, 0) is 50.3 Å². The molecule has 2 aromatic rings. The van der Waals surface area contributed by atoms with Crippen molar-refractivity contribution in [2.45, 2.75) is 45.1 Å². The van der Waals surface area contributed by atoms with Crippen LogP contribution in [0.1, 0.15) is 47.6 Å². The van der Waals surface area contributed by atoms with Crippen LogP contribution < -0.4 is 11.1 Å². The second-order valence-corrected chi connectivity index (χ2v) is 7.14. The molecular formula is C20H26N4O3. The highest BCUT2D eigenvalue weighted by Gasteiger charge is 2.36. The van der Waals surface area contributed by atoms with Gasteiger partial charge in [0, 0.05) is 18.4 Å². The summed E-state index contributed by atoms with van der Waals surface area (Å²) in [6.07, 6.45) is 3.61. The molecule has 3 N–H and O–H groups in total. The number of hydrogen-bond donors (Lipinski definition) is 2. The Labute approximate surface area is 158 Å². The van der Waals surface area contributed by atoms with Crippen molar-refractivity contribution in [3.8, 4) is 5.69 Å². The van der Waals surface area contributed by atoms with E-state index in [2.05, 4.69) is 29.5 Å². The first-order valence-corrected chi connectivity index (χ1v) is 9.21. The molecule has 0 fully saturated rings. The maximum absolute atomic E-state index is 12.9. The van der Waals surface area contributed by atoms with E-state index in [1.807, 2.05) is 16.8 Å². The van der Waals surface area contributed by atoms with Gasteiger partial charge in [-0.1, -0.05) is 19.1 Å². The van der Waals surface area contributed by atoms with E-state index in [-0.39, 0.29) is 6.61 Å². The number of hydrogen-bond acceptors (Lipinski definition) is 4. The maximum atomic E-state index is 12.9. The van der Waals surface area contributed by atoms with Crippen molar-refractivity contribution < 1.29 is 14.3 Å². The van der Waals surface area contributed by atoms with Crippen LogP contribution in [0, 0.1) is 0 Å². The Morgan fingerprint density at radius 2 is 2.00 bits per heavy atom. The minimum Gasteiger partial charge on any atom is -0.382 e. The number of ether oxygens (including phenoxy) is 1. The van der Waals surface area contributed by atoms with Crippen LogP contribution in [0.25, 0.3) is 5.69 Å². The normalized spacial score (nSPS) is 15.2. The third kappa shape index (κ3) is 3.60. The Hall–Kier alpha value is -2.67. The Morgan fingerprint density at radius 3 is 2.59 bits per heavy atom. The first-order chi connectivity index (χ1) is 12.9. The third-order valence-corrected chi connectivity index (χ3v) is 5.10. The molecule has 0 spiro atoms. The predicted molar refractivity (Wildman–Crippen MR) is 102 cm³/mol. The fourth-order valence-electron chi connectivity index (χ4n) is 3.47. The smallest absolute Gasteiger partial charge is 0.273 e. The quantitative estimate of drug-likeness (QED) is 0.772. The monoisotopic (exact) mass is 370 g/mol. The van der Waals surface area contributed by atoms with Crippen LogP contribution in [0.2, 0.25) is 0 Å². The van der Waals surface area contributed by atoms with Gasteiger partial charge in [-0.3, -0.25) is 9.59 Å². The van der Waals surface area contributed by atoms with E-state index in [0.29, 0.717) is 5.69 Å². The van der Waals surface area contributed by atoms with Gasteiger partial charge in [0.2, 0.25) is 5.91 Å². The highest BCUT2D eigenvalue weighted by atomic mass is 16.5. The number of benzene rings is 1. The number of amides is 2. The number of nitrogens with two attached hydrogens (primary N) is 1. The zero-order valence-electron chi connectivity index (χ0n) is 16.0. The van der Waals surface area contributed by atoms with Crippen LogP contribution in [0.5, 0.6) is 0 Å². The van der Waals surface area contributed by atoms with Crippen molar-refractivity contribution in [3.63, 3.8) is 0 Å². The summed E-state index contributed by atoms with van der Waals surface area (Å²) in [5.41, 5.74) is 8.70. The van der Waals surface area contributed by atoms with Gasteiger partial charge in [-0.15, -0.1) is 0 Å². The molecule has 0 unspecified atom stereocenters. The molecule has 144 valence electrons. The van der Waals surface area contributed by atoms with Crippen molar-refractivity contribution in [3.05, 3.63) is 46.8 Å². The molecule has 0 bridgehead atoms. The molecule has 7 nitrogen and oxygen atoms in total. The molecule has 0 saturated heterocycles. The molecule has 27 heavy (non-hydrogen) atoms. The fraction of sp³-hybridized carbons (Fsp3) is 0.450. The van der Waals surface area contributed by atoms with E-state index in [9.17, 15) is 9.59 Å². The van der Waals surface area contributed by atoms with Gasteiger partial charge < -0.3 is 15.8 Å². The Morgan fingerprint density at radius 1 is 1.30 bits per heavy atom. The highest BCUT2D eigenvalue weighted by molar-refractivity contribution is 5.98. The molecule has 0 radical (unpaired) electrons. The Balaban J connectivity index is 1.95. The predicted octanol–water partition coefficient (Wildman–Crippen LogP) is 1.54. The Bertz CT molecular complexity index is 857. The van der Waals surface area contributed by atoms with Gasteiger partial charge in [0.1, 0.15) is 5.54 Å². The molecule has 1 aliphatic rings. The second-order valence-electron chi connectivity index (χ2n) is 7.14. The first kappa shape index (κ1) is 19.1. The molecule has 1 heterocycles. The van der Waals surface area contributed by atoms with E-state index < -0.39 is 17.4 Å². The average molecular weight is 370 g/mol. The van der Waals surface area contributed by atoms with Crippen molar-refractivity contribution in [2.24, 2.45) is 5.73 Å². The number of methoxy groups -OCH3 is 1. The van der Waals surface area contributed by atoms with Crippen LogP contribution in [0.15, 0.2) is 24.3 Å². The topological polar surface area (TPSA) is 99.2 Å². The summed E-state index contributed by atoms with van der Waals surface area (Å²) >= 11 is 0. The summed E-state index contributed by atoms with van der Waals surface area (Å²) in [5, 5.41) is 7.28. The number of fused-ring (bicyclic) bond motifs is 1. The van der Waals surface area contributed by atoms with Gasteiger partial charge in [-0.2, -0.15) is 5.10 Å². The number of carbonyl (C=O) groups is 2. The van der Waals surface area contributed by atoms with Crippen molar-refractivity contribution in [1.82, 2.24) is 15.1 Å². The van der Waals surface area contributed by atoms with E-state index in [1.165, 1.54) is 12.7 Å². The van der Waals surface area contributed by atoms with Gasteiger partial charge in [-0.25, -0.2) is 4.68 Å². The summed E-state index contributed by atoms with van der Waals surface area (Å²) < 4.78 is 6.89. The molecule has 7 heteroatoms. The molecular weight excluding hydrogens is 344 g/mol. The summed E-state index contributed by atoms with van der Waals surface area (Å²) in [6, 6.07) is 8.18. The van der Waals surface area contributed by atoms with Gasteiger partial charge in [0.25, 0.3) is 5.91 Å². The number of rotatable bonds is 7. The zero-order chi connectivity index (χ0) is 19.6. The number of nitrogens with one attached hydrogen (secondary N) is 1. The summed E-state index contributed by atoms with van der Waals surface area (Å²) in [6.45, 7) is 3.66. The number of primary amides is 1. The lowest BCUT2D eigenvalue weighted by Gasteiger charge is -2.26. The lowest BCUT2D eigenvalue weighted by molar-refractivity contribution is -0.125. The minimum atomic E-state index is -1.29. The number of aryl methyl sites for hydroxylation is 1. The number of aromatic nitrogens is 2. The van der Waals surface area contributed by atoms with E-state index in [0.717, 1.165) is 42.6 Å². The second kappa shape index (κ2) is 7.52. The summed E-state index contributed by atoms with van der Waals surface area (Å²) in [7, 11) is 1.46. The van der Waals surface area contributed by atoms with Crippen LogP contribution in [-0.4, -0.2) is 40.9 Å². The highest BCUT2D eigenvalue weighted by Crippen LogP contribution is 2.28. The average Bonchev–Trinajstić information content (AvgIpc) is 3.24. The molecule has 0 aliphatic heterocycles. The van der Waals surface area contributed by atoms with Crippen molar-refractivity contribution in [2.75, 3.05) is 13.7 Å². The molecule has 3 rings (SSSR count). The lowest BCUT2D eigenvalue weighted by atomic mass is 10.0. The summed E-state index contributed by atoms with van der Waals surface area (Å²) in [5.74, 6) is -1.06. The molecule has 0 saturated carbocycles. The largest absolute Gasteiger partial charge is 0.382 e. The zero-order valence-corrected chi connectivity index (χ0v) is 16.0. The van der Waals surface area contributed by atoms with E-state index >= 15 is 0 Å².